The first kappa shape index (κ1) is 19.5. The van der Waals surface area contributed by atoms with Crippen molar-refractivity contribution in [2.24, 2.45) is 0 Å². The third kappa shape index (κ3) is 5.34. The maximum Gasteiger partial charge on any atom is 0.289 e. The molecule has 27 heavy (non-hydrogen) atoms. The number of carbonyl (C=O) groups is 1. The SMILES string of the molecule is COCCCN(Cc1cccn1Cc1ccc(Br)cc1)C(=O)c1ccco1. The first-order chi connectivity index (χ1) is 13.2. The van der Waals surface area contributed by atoms with Crippen LogP contribution in [0.3, 0.4) is 0 Å². The van der Waals surface area contributed by atoms with Gasteiger partial charge in [-0.05, 0) is 48.4 Å². The molecular formula is C21H23BrN2O3. The third-order valence-electron chi connectivity index (χ3n) is 4.34. The van der Waals surface area contributed by atoms with Gasteiger partial charge in [0.25, 0.3) is 5.91 Å². The molecule has 0 aliphatic carbocycles. The van der Waals surface area contributed by atoms with E-state index in [9.17, 15) is 4.79 Å². The van der Waals surface area contributed by atoms with Crippen LogP contribution in [-0.4, -0.2) is 35.6 Å². The molecule has 0 N–H and O–H groups in total. The van der Waals surface area contributed by atoms with Crippen LogP contribution in [0.5, 0.6) is 0 Å². The van der Waals surface area contributed by atoms with Gasteiger partial charge in [0.2, 0.25) is 0 Å². The van der Waals surface area contributed by atoms with Gasteiger partial charge in [-0.15, -0.1) is 0 Å². The molecule has 0 bridgehead atoms. The minimum absolute atomic E-state index is 0.104. The summed E-state index contributed by atoms with van der Waals surface area (Å²) < 4.78 is 13.7. The van der Waals surface area contributed by atoms with E-state index in [0.717, 1.165) is 23.1 Å². The summed E-state index contributed by atoms with van der Waals surface area (Å²) in [7, 11) is 1.67. The number of furan rings is 1. The lowest BCUT2D eigenvalue weighted by Gasteiger charge is -2.22. The summed E-state index contributed by atoms with van der Waals surface area (Å²) in [5.41, 5.74) is 2.29. The number of aromatic nitrogens is 1. The van der Waals surface area contributed by atoms with Crippen molar-refractivity contribution in [1.82, 2.24) is 9.47 Å². The molecule has 5 nitrogen and oxygen atoms in total. The molecule has 3 aromatic rings. The molecule has 2 aromatic heterocycles. The topological polar surface area (TPSA) is 47.6 Å². The number of hydrogen-bond acceptors (Lipinski definition) is 3. The van der Waals surface area contributed by atoms with Gasteiger partial charge in [0.1, 0.15) is 0 Å². The summed E-state index contributed by atoms with van der Waals surface area (Å²) in [6.45, 7) is 2.50. The summed E-state index contributed by atoms with van der Waals surface area (Å²) in [5, 5.41) is 0. The lowest BCUT2D eigenvalue weighted by atomic mass is 10.2. The molecule has 0 spiro atoms. The maximum absolute atomic E-state index is 12.8. The molecule has 0 unspecified atom stereocenters. The smallest absolute Gasteiger partial charge is 0.289 e. The first-order valence-electron chi connectivity index (χ1n) is 8.87. The van der Waals surface area contributed by atoms with Crippen molar-refractivity contribution in [2.45, 2.75) is 19.5 Å². The van der Waals surface area contributed by atoms with Gasteiger partial charge in [0.05, 0.1) is 12.8 Å². The standard InChI is InChI=1S/C21H23BrN2O3/c1-26-13-4-12-24(21(25)20-6-3-14-27-20)16-19-5-2-11-23(19)15-17-7-9-18(22)10-8-17/h2-3,5-11,14H,4,12-13,15-16H2,1H3. The van der Waals surface area contributed by atoms with Crippen LogP contribution in [-0.2, 0) is 17.8 Å². The molecule has 6 heteroatoms. The normalized spacial score (nSPS) is 10.9. The highest BCUT2D eigenvalue weighted by Gasteiger charge is 2.19. The highest BCUT2D eigenvalue weighted by Crippen LogP contribution is 2.16. The van der Waals surface area contributed by atoms with Crippen LogP contribution in [0.1, 0.15) is 28.2 Å². The maximum atomic E-state index is 12.8. The average molecular weight is 431 g/mol. The van der Waals surface area contributed by atoms with E-state index >= 15 is 0 Å². The van der Waals surface area contributed by atoms with E-state index in [1.54, 1.807) is 19.2 Å². The molecular weight excluding hydrogens is 408 g/mol. The Kier molecular flexibility index (Phi) is 6.90. The molecule has 0 fully saturated rings. The van der Waals surface area contributed by atoms with Crippen LogP contribution in [0.25, 0.3) is 0 Å². The molecule has 0 saturated heterocycles. The predicted octanol–water partition coefficient (Wildman–Crippen LogP) is 4.57. The van der Waals surface area contributed by atoms with Gasteiger partial charge in [-0.1, -0.05) is 28.1 Å². The highest BCUT2D eigenvalue weighted by molar-refractivity contribution is 9.10. The zero-order valence-electron chi connectivity index (χ0n) is 15.3. The Bertz CT molecular complexity index is 841. The number of amides is 1. The molecule has 0 radical (unpaired) electrons. The van der Waals surface area contributed by atoms with Crippen molar-refractivity contribution >= 4 is 21.8 Å². The van der Waals surface area contributed by atoms with E-state index in [4.69, 9.17) is 9.15 Å². The van der Waals surface area contributed by atoms with Gasteiger partial charge in [-0.3, -0.25) is 4.79 Å². The average Bonchev–Trinajstić information content (AvgIpc) is 3.35. The number of nitrogens with zero attached hydrogens (tertiary/aromatic N) is 2. The minimum atomic E-state index is -0.104. The van der Waals surface area contributed by atoms with Crippen LogP contribution in [0.4, 0.5) is 0 Å². The van der Waals surface area contributed by atoms with Gasteiger partial charge < -0.3 is 18.6 Å². The van der Waals surface area contributed by atoms with Gasteiger partial charge >= 0.3 is 0 Å². The van der Waals surface area contributed by atoms with Crippen LogP contribution in [0.15, 0.2) is 69.9 Å². The number of rotatable bonds is 9. The molecule has 0 aliphatic rings. The molecule has 2 heterocycles. The van der Waals surface area contributed by atoms with E-state index in [0.29, 0.717) is 25.5 Å². The van der Waals surface area contributed by atoms with Gasteiger partial charge in [0, 0.05) is 43.2 Å². The Morgan fingerprint density at radius 3 is 2.70 bits per heavy atom. The van der Waals surface area contributed by atoms with Crippen LogP contribution >= 0.6 is 15.9 Å². The van der Waals surface area contributed by atoms with E-state index in [-0.39, 0.29) is 5.91 Å². The number of benzene rings is 1. The lowest BCUT2D eigenvalue weighted by Crippen LogP contribution is -2.32. The number of hydrogen-bond donors (Lipinski definition) is 0. The monoisotopic (exact) mass is 430 g/mol. The predicted molar refractivity (Wildman–Crippen MR) is 108 cm³/mol. The summed E-state index contributed by atoms with van der Waals surface area (Å²) in [6.07, 6.45) is 4.34. The fraction of sp³-hybridized carbons (Fsp3) is 0.286. The fourth-order valence-corrected chi connectivity index (χ4v) is 3.20. The number of methoxy groups -OCH3 is 1. The van der Waals surface area contributed by atoms with Crippen LogP contribution < -0.4 is 0 Å². The van der Waals surface area contributed by atoms with Gasteiger partial charge in [-0.25, -0.2) is 0 Å². The summed E-state index contributed by atoms with van der Waals surface area (Å²) in [6, 6.07) is 15.8. The van der Waals surface area contributed by atoms with Crippen LogP contribution in [0, 0.1) is 0 Å². The van der Waals surface area contributed by atoms with Crippen molar-refractivity contribution in [2.75, 3.05) is 20.3 Å². The number of carbonyl (C=O) groups excluding carboxylic acids is 1. The van der Waals surface area contributed by atoms with Gasteiger partial charge in [-0.2, -0.15) is 0 Å². The lowest BCUT2D eigenvalue weighted by molar-refractivity contribution is 0.0688. The Morgan fingerprint density at radius 1 is 1.19 bits per heavy atom. The zero-order chi connectivity index (χ0) is 19.1. The van der Waals surface area contributed by atoms with E-state index in [2.05, 4.69) is 38.7 Å². The Hall–Kier alpha value is -2.31. The largest absolute Gasteiger partial charge is 0.459 e. The third-order valence-corrected chi connectivity index (χ3v) is 4.87. The van der Waals surface area contributed by atoms with Crippen molar-refractivity contribution in [1.29, 1.82) is 0 Å². The number of halogens is 1. The van der Waals surface area contributed by atoms with Crippen LogP contribution in [0.2, 0.25) is 0 Å². The Labute approximate surface area is 167 Å². The summed E-state index contributed by atoms with van der Waals surface area (Å²) >= 11 is 3.47. The van der Waals surface area contributed by atoms with Crippen molar-refractivity contribution in [3.8, 4) is 0 Å². The van der Waals surface area contributed by atoms with E-state index in [1.165, 1.54) is 11.8 Å². The molecule has 1 amide bonds. The molecule has 1 aromatic carbocycles. The van der Waals surface area contributed by atoms with E-state index < -0.39 is 0 Å². The fourth-order valence-electron chi connectivity index (χ4n) is 2.94. The zero-order valence-corrected chi connectivity index (χ0v) is 16.9. The number of ether oxygens (including phenoxy) is 1. The second-order valence-electron chi connectivity index (χ2n) is 6.30. The second-order valence-corrected chi connectivity index (χ2v) is 7.22. The van der Waals surface area contributed by atoms with Gasteiger partial charge in [0.15, 0.2) is 5.76 Å². The van der Waals surface area contributed by atoms with E-state index in [1.807, 2.05) is 29.3 Å². The van der Waals surface area contributed by atoms with Crippen molar-refractivity contribution in [3.05, 3.63) is 82.5 Å². The minimum Gasteiger partial charge on any atom is -0.459 e. The second kappa shape index (κ2) is 9.58. The Morgan fingerprint density at radius 2 is 2.00 bits per heavy atom. The quantitative estimate of drug-likeness (QED) is 0.467. The molecule has 3 rings (SSSR count). The summed E-state index contributed by atoms with van der Waals surface area (Å²) in [5.74, 6) is 0.255. The molecule has 0 aliphatic heterocycles. The molecule has 0 saturated carbocycles. The molecule has 142 valence electrons. The Balaban J connectivity index is 1.74. The highest BCUT2D eigenvalue weighted by atomic mass is 79.9. The van der Waals surface area contributed by atoms with Crippen molar-refractivity contribution in [3.63, 3.8) is 0 Å². The molecule has 0 atom stereocenters. The van der Waals surface area contributed by atoms with Crippen molar-refractivity contribution < 1.29 is 13.9 Å². The first-order valence-corrected chi connectivity index (χ1v) is 9.67. The summed E-state index contributed by atoms with van der Waals surface area (Å²) in [4.78, 5) is 14.6.